The molecule has 1 saturated carbocycles. The van der Waals surface area contributed by atoms with E-state index in [-0.39, 0.29) is 18.7 Å². The van der Waals surface area contributed by atoms with Crippen LogP contribution in [0.4, 0.5) is 13.2 Å². The lowest BCUT2D eigenvalue weighted by Crippen LogP contribution is -2.47. The van der Waals surface area contributed by atoms with Crippen LogP contribution < -0.4 is 0 Å². The number of amides is 1. The zero-order valence-corrected chi connectivity index (χ0v) is 14.2. The normalized spacial score (nSPS) is 36.1. The number of carbonyl (C=O) groups excluding carboxylic acids is 1. The van der Waals surface area contributed by atoms with Crippen molar-refractivity contribution in [1.82, 2.24) is 9.80 Å². The molecule has 3 aliphatic rings. The summed E-state index contributed by atoms with van der Waals surface area (Å²) >= 11 is 0. The van der Waals surface area contributed by atoms with Gasteiger partial charge in [0, 0.05) is 38.1 Å². The van der Waals surface area contributed by atoms with E-state index in [1.807, 2.05) is 4.90 Å². The van der Waals surface area contributed by atoms with Gasteiger partial charge in [-0.2, -0.15) is 13.2 Å². The minimum absolute atomic E-state index is 0.0323. The van der Waals surface area contributed by atoms with Crippen molar-refractivity contribution in [3.63, 3.8) is 0 Å². The van der Waals surface area contributed by atoms with Gasteiger partial charge in [0.1, 0.15) is 0 Å². The number of ether oxygens (including phenoxy) is 1. The molecule has 3 fully saturated rings. The number of hydrogen-bond acceptors (Lipinski definition) is 3. The first-order valence-electron chi connectivity index (χ1n) is 9.03. The molecule has 2 saturated heterocycles. The average Bonchev–Trinajstić information content (AvgIpc) is 2.96. The van der Waals surface area contributed by atoms with Gasteiger partial charge in [0.2, 0.25) is 5.91 Å². The number of alkyl halides is 3. The lowest BCUT2D eigenvalue weighted by atomic mass is 9.80. The number of rotatable bonds is 2. The lowest BCUT2D eigenvalue weighted by Gasteiger charge is -2.34. The molecule has 0 aromatic rings. The van der Waals surface area contributed by atoms with Crippen molar-refractivity contribution >= 4 is 5.91 Å². The lowest BCUT2D eigenvalue weighted by molar-refractivity contribution is -0.187. The zero-order chi connectivity index (χ0) is 17.3. The summed E-state index contributed by atoms with van der Waals surface area (Å²) in [5.74, 6) is -1.48. The largest absolute Gasteiger partial charge is 0.391 e. The standard InChI is InChI=1S/C17H27F3N2O2/c1-12-10-22(11-15(12)21-5-7-24-8-6-21)16(23)13-3-2-4-14(9-13)17(18,19)20/h12-15H,2-11H2,1H3/t12-,13-,14+,15+/m1/s1. The van der Waals surface area contributed by atoms with Gasteiger partial charge in [-0.1, -0.05) is 13.3 Å². The summed E-state index contributed by atoms with van der Waals surface area (Å²) in [4.78, 5) is 16.9. The molecule has 4 nitrogen and oxygen atoms in total. The Balaban J connectivity index is 1.59. The second kappa shape index (κ2) is 7.20. The van der Waals surface area contributed by atoms with E-state index in [1.165, 1.54) is 0 Å². The van der Waals surface area contributed by atoms with Crippen molar-refractivity contribution in [2.45, 2.75) is 44.8 Å². The van der Waals surface area contributed by atoms with Crippen LogP contribution >= 0.6 is 0 Å². The number of halogens is 3. The van der Waals surface area contributed by atoms with Crippen LogP contribution in [0.15, 0.2) is 0 Å². The molecule has 2 heterocycles. The van der Waals surface area contributed by atoms with Crippen LogP contribution in [0, 0.1) is 17.8 Å². The fourth-order valence-corrected chi connectivity index (χ4v) is 4.48. The summed E-state index contributed by atoms with van der Waals surface area (Å²) < 4.78 is 44.3. The second-order valence-electron chi connectivity index (χ2n) is 7.54. The number of nitrogens with zero attached hydrogens (tertiary/aromatic N) is 2. The predicted molar refractivity (Wildman–Crippen MR) is 83.4 cm³/mol. The second-order valence-corrected chi connectivity index (χ2v) is 7.54. The SMILES string of the molecule is C[C@@H]1CN(C(=O)[C@@H]2CCC[C@H](C(F)(F)F)C2)C[C@@H]1N1CCOCC1. The number of hydrogen-bond donors (Lipinski definition) is 0. The van der Waals surface area contributed by atoms with Crippen LogP contribution in [-0.2, 0) is 9.53 Å². The molecule has 24 heavy (non-hydrogen) atoms. The third-order valence-electron chi connectivity index (χ3n) is 5.89. The van der Waals surface area contributed by atoms with E-state index in [9.17, 15) is 18.0 Å². The maximum absolute atomic E-state index is 13.0. The number of likely N-dealkylation sites (tertiary alicyclic amines) is 1. The van der Waals surface area contributed by atoms with E-state index in [0.29, 0.717) is 51.1 Å². The van der Waals surface area contributed by atoms with Gasteiger partial charge in [-0.15, -0.1) is 0 Å². The maximum Gasteiger partial charge on any atom is 0.391 e. The van der Waals surface area contributed by atoms with Crippen LogP contribution in [0.2, 0.25) is 0 Å². The smallest absolute Gasteiger partial charge is 0.379 e. The van der Waals surface area contributed by atoms with Crippen LogP contribution in [-0.4, -0.2) is 67.3 Å². The van der Waals surface area contributed by atoms with Gasteiger partial charge in [0.15, 0.2) is 0 Å². The van der Waals surface area contributed by atoms with Crippen molar-refractivity contribution in [2.75, 3.05) is 39.4 Å². The summed E-state index contributed by atoms with van der Waals surface area (Å²) in [6, 6.07) is 0.305. The van der Waals surface area contributed by atoms with Gasteiger partial charge in [-0.05, 0) is 25.2 Å². The molecule has 4 atom stereocenters. The molecule has 0 radical (unpaired) electrons. The van der Waals surface area contributed by atoms with E-state index in [1.54, 1.807) is 0 Å². The molecule has 1 amide bonds. The summed E-state index contributed by atoms with van der Waals surface area (Å²) in [6.45, 7) is 6.61. The third-order valence-corrected chi connectivity index (χ3v) is 5.89. The van der Waals surface area contributed by atoms with E-state index in [4.69, 9.17) is 4.74 Å². The van der Waals surface area contributed by atoms with Crippen LogP contribution in [0.25, 0.3) is 0 Å². The highest BCUT2D eigenvalue weighted by Crippen LogP contribution is 2.41. The minimum Gasteiger partial charge on any atom is -0.379 e. The molecule has 138 valence electrons. The van der Waals surface area contributed by atoms with E-state index >= 15 is 0 Å². The van der Waals surface area contributed by atoms with Crippen LogP contribution in [0.1, 0.15) is 32.6 Å². The molecule has 2 aliphatic heterocycles. The molecule has 0 spiro atoms. The molecule has 3 rings (SSSR count). The highest BCUT2D eigenvalue weighted by molar-refractivity contribution is 5.79. The van der Waals surface area contributed by atoms with Gasteiger partial charge < -0.3 is 9.64 Å². The first-order chi connectivity index (χ1) is 11.4. The van der Waals surface area contributed by atoms with Crippen molar-refractivity contribution < 1.29 is 22.7 Å². The first kappa shape index (κ1) is 18.0. The Morgan fingerprint density at radius 1 is 1.12 bits per heavy atom. The average molecular weight is 348 g/mol. The Morgan fingerprint density at radius 3 is 2.50 bits per heavy atom. The van der Waals surface area contributed by atoms with Gasteiger partial charge >= 0.3 is 6.18 Å². The molecule has 1 aliphatic carbocycles. The quantitative estimate of drug-likeness (QED) is 0.769. The Morgan fingerprint density at radius 2 is 1.83 bits per heavy atom. The highest BCUT2D eigenvalue weighted by Gasteiger charge is 2.45. The molecular weight excluding hydrogens is 321 g/mol. The van der Waals surface area contributed by atoms with Crippen molar-refractivity contribution in [1.29, 1.82) is 0 Å². The predicted octanol–water partition coefficient (Wildman–Crippen LogP) is 2.53. The Kier molecular flexibility index (Phi) is 5.39. The first-order valence-corrected chi connectivity index (χ1v) is 9.03. The third kappa shape index (κ3) is 3.87. The Bertz CT molecular complexity index is 452. The number of morpholine rings is 1. The molecule has 0 N–H and O–H groups in total. The maximum atomic E-state index is 13.0. The topological polar surface area (TPSA) is 32.8 Å². The summed E-state index contributed by atoms with van der Waals surface area (Å²) in [5.41, 5.74) is 0. The van der Waals surface area contributed by atoms with E-state index in [0.717, 1.165) is 13.1 Å². The van der Waals surface area contributed by atoms with Crippen molar-refractivity contribution in [3.05, 3.63) is 0 Å². The fourth-order valence-electron chi connectivity index (χ4n) is 4.48. The van der Waals surface area contributed by atoms with Gasteiger partial charge in [0.25, 0.3) is 0 Å². The van der Waals surface area contributed by atoms with Crippen molar-refractivity contribution in [2.24, 2.45) is 17.8 Å². The highest BCUT2D eigenvalue weighted by atomic mass is 19.4. The monoisotopic (exact) mass is 348 g/mol. The molecule has 0 aromatic carbocycles. The van der Waals surface area contributed by atoms with Gasteiger partial charge in [0.05, 0.1) is 19.1 Å². The van der Waals surface area contributed by atoms with Gasteiger partial charge in [-0.3, -0.25) is 9.69 Å². The van der Waals surface area contributed by atoms with Crippen molar-refractivity contribution in [3.8, 4) is 0 Å². The number of carbonyl (C=O) groups is 1. The molecule has 7 heteroatoms. The molecule has 0 unspecified atom stereocenters. The van der Waals surface area contributed by atoms with Crippen LogP contribution in [0.5, 0.6) is 0 Å². The fraction of sp³-hybridized carbons (Fsp3) is 0.941. The minimum atomic E-state index is -4.17. The zero-order valence-electron chi connectivity index (χ0n) is 14.2. The van der Waals surface area contributed by atoms with Gasteiger partial charge in [-0.25, -0.2) is 0 Å². The summed E-state index contributed by atoms with van der Waals surface area (Å²) in [5, 5.41) is 0. The van der Waals surface area contributed by atoms with E-state index in [2.05, 4.69) is 11.8 Å². The molecule has 0 bridgehead atoms. The van der Waals surface area contributed by atoms with E-state index < -0.39 is 18.0 Å². The molecular formula is C17H27F3N2O2. The Hall–Kier alpha value is -0.820. The summed E-state index contributed by atoms with van der Waals surface area (Å²) in [6.07, 6.45) is -2.95. The van der Waals surface area contributed by atoms with Crippen LogP contribution in [0.3, 0.4) is 0 Å². The summed E-state index contributed by atoms with van der Waals surface area (Å²) in [7, 11) is 0. The Labute approximate surface area is 141 Å². The molecule has 0 aromatic heterocycles.